The third-order valence-electron chi connectivity index (χ3n) is 6.07. The maximum atomic E-state index is 13.1. The number of anilines is 1. The van der Waals surface area contributed by atoms with Gasteiger partial charge in [-0.15, -0.1) is 0 Å². The Labute approximate surface area is 177 Å². The first-order valence-electron chi connectivity index (χ1n) is 10.7. The van der Waals surface area contributed by atoms with Crippen molar-refractivity contribution in [1.29, 1.82) is 0 Å². The number of piperazine rings is 1. The highest BCUT2D eigenvalue weighted by Gasteiger charge is 2.26. The summed E-state index contributed by atoms with van der Waals surface area (Å²) in [5.41, 5.74) is 1.87. The molecule has 3 amide bonds. The number of carbonyl (C=O) groups excluding carboxylic acids is 2. The topological polar surface area (TPSA) is 68.8 Å². The van der Waals surface area contributed by atoms with Crippen LogP contribution in [-0.4, -0.2) is 73.0 Å². The van der Waals surface area contributed by atoms with Gasteiger partial charge in [-0.3, -0.25) is 4.79 Å². The van der Waals surface area contributed by atoms with Crippen molar-refractivity contribution in [1.82, 2.24) is 20.1 Å². The van der Waals surface area contributed by atoms with Gasteiger partial charge in [-0.05, 0) is 42.7 Å². The molecule has 0 aliphatic carbocycles. The number of rotatable bonds is 3. The number of likely N-dealkylation sites (tertiary alicyclic amines) is 1. The number of hydrogen-bond donors (Lipinski definition) is 1. The molecule has 0 saturated carbocycles. The second-order valence-corrected chi connectivity index (χ2v) is 7.93. The number of pyridine rings is 1. The normalized spacial score (nSPS) is 19.5. The number of piperidine rings is 1. The zero-order valence-electron chi connectivity index (χ0n) is 17.5. The van der Waals surface area contributed by atoms with Crippen molar-refractivity contribution in [3.63, 3.8) is 0 Å². The number of amides is 3. The van der Waals surface area contributed by atoms with Gasteiger partial charge in [0.2, 0.25) is 0 Å². The van der Waals surface area contributed by atoms with Gasteiger partial charge >= 0.3 is 6.03 Å². The summed E-state index contributed by atoms with van der Waals surface area (Å²) < 4.78 is 0. The fraction of sp³-hybridized carbons (Fsp3) is 0.435. The number of urea groups is 1. The van der Waals surface area contributed by atoms with Gasteiger partial charge in [-0.1, -0.05) is 18.2 Å². The lowest BCUT2D eigenvalue weighted by atomic mass is 9.89. The molecule has 2 aliphatic rings. The maximum absolute atomic E-state index is 13.1. The Morgan fingerprint density at radius 2 is 1.83 bits per heavy atom. The SMILES string of the molecule is CNC(=O)N1CCCC(c2cccc(C(=O)N3CCN(c4ccccn4)CC3)c2)C1. The zero-order valence-corrected chi connectivity index (χ0v) is 17.5. The molecule has 2 saturated heterocycles. The highest BCUT2D eigenvalue weighted by atomic mass is 16.2. The zero-order chi connectivity index (χ0) is 20.9. The summed E-state index contributed by atoms with van der Waals surface area (Å²) >= 11 is 0. The smallest absolute Gasteiger partial charge is 0.317 e. The molecule has 0 bridgehead atoms. The second kappa shape index (κ2) is 9.15. The monoisotopic (exact) mass is 407 g/mol. The van der Waals surface area contributed by atoms with Crippen molar-refractivity contribution in [3.05, 3.63) is 59.8 Å². The van der Waals surface area contributed by atoms with E-state index in [-0.39, 0.29) is 17.9 Å². The number of hydrogen-bond acceptors (Lipinski definition) is 4. The van der Waals surface area contributed by atoms with Gasteiger partial charge in [0, 0.05) is 64.0 Å². The summed E-state index contributed by atoms with van der Waals surface area (Å²) in [6.07, 6.45) is 3.81. The summed E-state index contributed by atoms with van der Waals surface area (Å²) in [6, 6.07) is 13.8. The van der Waals surface area contributed by atoms with E-state index >= 15 is 0 Å². The van der Waals surface area contributed by atoms with E-state index in [4.69, 9.17) is 0 Å². The standard InChI is InChI=1S/C23H29N5O2/c1-24-23(30)28-11-5-8-20(17-28)18-6-4-7-19(16-18)22(29)27-14-12-26(13-15-27)21-9-2-3-10-25-21/h2-4,6-7,9-10,16,20H,5,8,11-15,17H2,1H3,(H,24,30). The molecule has 1 N–H and O–H groups in total. The molecule has 1 unspecified atom stereocenters. The molecule has 158 valence electrons. The first-order chi connectivity index (χ1) is 14.7. The number of carbonyl (C=O) groups is 2. The first kappa shape index (κ1) is 20.2. The molecule has 30 heavy (non-hydrogen) atoms. The molecule has 1 aromatic carbocycles. The molecule has 0 spiro atoms. The van der Waals surface area contributed by atoms with Crippen molar-refractivity contribution in [2.75, 3.05) is 51.2 Å². The van der Waals surface area contributed by atoms with Gasteiger partial charge in [0.1, 0.15) is 5.82 Å². The van der Waals surface area contributed by atoms with Crippen LogP contribution in [0.4, 0.5) is 10.6 Å². The fourth-order valence-electron chi connectivity index (χ4n) is 4.38. The summed E-state index contributed by atoms with van der Waals surface area (Å²) in [7, 11) is 1.67. The van der Waals surface area contributed by atoms with Crippen LogP contribution < -0.4 is 10.2 Å². The van der Waals surface area contributed by atoms with Gasteiger partial charge in [0.05, 0.1) is 0 Å². The molecule has 2 aliphatic heterocycles. The van der Waals surface area contributed by atoms with Crippen LogP contribution in [0.1, 0.15) is 34.7 Å². The second-order valence-electron chi connectivity index (χ2n) is 7.93. The Kier molecular flexibility index (Phi) is 6.16. The van der Waals surface area contributed by atoms with Gasteiger partial charge < -0.3 is 20.0 Å². The van der Waals surface area contributed by atoms with Crippen LogP contribution in [0.3, 0.4) is 0 Å². The Morgan fingerprint density at radius 3 is 2.57 bits per heavy atom. The van der Waals surface area contributed by atoms with Crippen LogP contribution in [0, 0.1) is 0 Å². The summed E-state index contributed by atoms with van der Waals surface area (Å²) in [6.45, 7) is 4.43. The van der Waals surface area contributed by atoms with E-state index in [9.17, 15) is 9.59 Å². The molecule has 2 aromatic rings. The quantitative estimate of drug-likeness (QED) is 0.849. The van der Waals surface area contributed by atoms with Crippen molar-refractivity contribution < 1.29 is 9.59 Å². The van der Waals surface area contributed by atoms with Crippen molar-refractivity contribution >= 4 is 17.8 Å². The third-order valence-corrected chi connectivity index (χ3v) is 6.07. The Bertz CT molecular complexity index is 880. The number of nitrogens with one attached hydrogen (secondary N) is 1. The molecular weight excluding hydrogens is 378 g/mol. The molecule has 3 heterocycles. The average Bonchev–Trinajstić information content (AvgIpc) is 2.84. The van der Waals surface area contributed by atoms with Crippen molar-refractivity contribution in [3.8, 4) is 0 Å². The third kappa shape index (κ3) is 4.40. The molecule has 1 atom stereocenters. The minimum absolute atomic E-state index is 0.0299. The van der Waals surface area contributed by atoms with Crippen molar-refractivity contribution in [2.45, 2.75) is 18.8 Å². The number of aromatic nitrogens is 1. The van der Waals surface area contributed by atoms with E-state index in [1.54, 1.807) is 13.2 Å². The molecule has 2 fully saturated rings. The highest BCUT2D eigenvalue weighted by molar-refractivity contribution is 5.94. The highest BCUT2D eigenvalue weighted by Crippen LogP contribution is 2.28. The van der Waals surface area contributed by atoms with Crippen LogP contribution in [0.2, 0.25) is 0 Å². The summed E-state index contributed by atoms with van der Waals surface area (Å²) in [4.78, 5) is 35.5. The minimum Gasteiger partial charge on any atom is -0.353 e. The molecule has 0 radical (unpaired) electrons. The van der Waals surface area contributed by atoms with E-state index in [1.807, 2.05) is 46.2 Å². The number of benzene rings is 1. The fourth-order valence-corrected chi connectivity index (χ4v) is 4.38. The van der Waals surface area contributed by atoms with Gasteiger partial charge in [-0.2, -0.15) is 0 Å². The Balaban J connectivity index is 1.40. The predicted octanol–water partition coefficient (Wildman–Crippen LogP) is 2.56. The molecule has 7 nitrogen and oxygen atoms in total. The van der Waals surface area contributed by atoms with Crippen LogP contribution in [-0.2, 0) is 0 Å². The first-order valence-corrected chi connectivity index (χ1v) is 10.7. The lowest BCUT2D eigenvalue weighted by molar-refractivity contribution is 0.0746. The number of nitrogens with zero attached hydrogens (tertiary/aromatic N) is 4. The van der Waals surface area contributed by atoms with E-state index in [2.05, 4.69) is 21.3 Å². The van der Waals surface area contributed by atoms with Gasteiger partial charge in [0.15, 0.2) is 0 Å². The molecule has 4 rings (SSSR count). The van der Waals surface area contributed by atoms with E-state index < -0.39 is 0 Å². The minimum atomic E-state index is -0.0299. The Morgan fingerprint density at radius 1 is 1.00 bits per heavy atom. The molecule has 7 heteroatoms. The van der Waals surface area contributed by atoms with Crippen LogP contribution in [0.15, 0.2) is 48.7 Å². The van der Waals surface area contributed by atoms with Gasteiger partial charge in [0.25, 0.3) is 5.91 Å². The molecule has 1 aromatic heterocycles. The van der Waals surface area contributed by atoms with Crippen LogP contribution in [0.25, 0.3) is 0 Å². The van der Waals surface area contributed by atoms with Crippen molar-refractivity contribution in [2.24, 2.45) is 0 Å². The van der Waals surface area contributed by atoms with Crippen LogP contribution >= 0.6 is 0 Å². The lowest BCUT2D eigenvalue weighted by Gasteiger charge is -2.35. The van der Waals surface area contributed by atoms with Crippen LogP contribution in [0.5, 0.6) is 0 Å². The lowest BCUT2D eigenvalue weighted by Crippen LogP contribution is -2.49. The molecular formula is C23H29N5O2. The largest absolute Gasteiger partial charge is 0.353 e. The summed E-state index contributed by atoms with van der Waals surface area (Å²) in [5, 5.41) is 2.71. The van der Waals surface area contributed by atoms with E-state index in [0.29, 0.717) is 19.6 Å². The van der Waals surface area contributed by atoms with Gasteiger partial charge in [-0.25, -0.2) is 9.78 Å². The summed E-state index contributed by atoms with van der Waals surface area (Å²) in [5.74, 6) is 1.31. The van der Waals surface area contributed by atoms with E-state index in [1.165, 1.54) is 0 Å². The average molecular weight is 408 g/mol. The Hall–Kier alpha value is -3.09. The maximum Gasteiger partial charge on any atom is 0.317 e. The van der Waals surface area contributed by atoms with E-state index in [0.717, 1.165) is 49.4 Å². The predicted molar refractivity (Wildman–Crippen MR) is 117 cm³/mol.